The van der Waals surface area contributed by atoms with Crippen LogP contribution in [0.3, 0.4) is 0 Å². The fourth-order valence-electron chi connectivity index (χ4n) is 2.24. The third kappa shape index (κ3) is 3.38. The van der Waals surface area contributed by atoms with E-state index in [1.165, 1.54) is 12.8 Å². The standard InChI is InChI=1S/C13H20Br2N2O/c1-8(2)17(7-9-3-4-9)11(6-16)12-5-10(14)13(15)18-12/h5,8-9,11H,3-4,6-7,16H2,1-2H3. The van der Waals surface area contributed by atoms with Gasteiger partial charge in [-0.05, 0) is 70.5 Å². The number of hydrogen-bond donors (Lipinski definition) is 1. The van der Waals surface area contributed by atoms with Gasteiger partial charge in [-0.25, -0.2) is 0 Å². The fraction of sp³-hybridized carbons (Fsp3) is 0.692. The van der Waals surface area contributed by atoms with Gasteiger partial charge in [-0.3, -0.25) is 4.90 Å². The molecule has 102 valence electrons. The summed E-state index contributed by atoms with van der Waals surface area (Å²) in [6, 6.07) is 2.65. The molecule has 2 N–H and O–H groups in total. The molecule has 2 rings (SSSR count). The molecule has 1 fully saturated rings. The zero-order chi connectivity index (χ0) is 13.3. The Morgan fingerprint density at radius 1 is 1.44 bits per heavy atom. The Bertz CT molecular complexity index is 382. The Balaban J connectivity index is 2.17. The molecule has 1 aromatic rings. The van der Waals surface area contributed by atoms with Crippen molar-refractivity contribution in [2.75, 3.05) is 13.1 Å². The van der Waals surface area contributed by atoms with Crippen molar-refractivity contribution >= 4 is 31.9 Å². The molecule has 0 radical (unpaired) electrons. The van der Waals surface area contributed by atoms with Gasteiger partial charge in [0.05, 0.1) is 10.5 Å². The average molecular weight is 380 g/mol. The fourth-order valence-corrected chi connectivity index (χ4v) is 2.85. The van der Waals surface area contributed by atoms with Gasteiger partial charge in [-0.1, -0.05) is 0 Å². The second-order valence-electron chi connectivity index (χ2n) is 5.26. The number of furan rings is 1. The number of nitrogens with two attached hydrogens (primary N) is 1. The van der Waals surface area contributed by atoms with E-state index >= 15 is 0 Å². The number of rotatable bonds is 6. The molecule has 18 heavy (non-hydrogen) atoms. The van der Waals surface area contributed by atoms with Gasteiger partial charge >= 0.3 is 0 Å². The molecule has 0 aromatic carbocycles. The van der Waals surface area contributed by atoms with E-state index in [1.54, 1.807) is 0 Å². The summed E-state index contributed by atoms with van der Waals surface area (Å²) in [5, 5.41) is 0. The minimum Gasteiger partial charge on any atom is -0.451 e. The summed E-state index contributed by atoms with van der Waals surface area (Å²) in [7, 11) is 0. The van der Waals surface area contributed by atoms with Gasteiger partial charge in [-0.2, -0.15) is 0 Å². The molecular formula is C13H20Br2N2O. The van der Waals surface area contributed by atoms with E-state index in [9.17, 15) is 0 Å². The van der Waals surface area contributed by atoms with Crippen molar-refractivity contribution in [1.29, 1.82) is 0 Å². The van der Waals surface area contributed by atoms with E-state index in [2.05, 4.69) is 50.6 Å². The molecular weight excluding hydrogens is 360 g/mol. The summed E-state index contributed by atoms with van der Waals surface area (Å²) in [6.07, 6.45) is 2.71. The Labute approximate surface area is 125 Å². The van der Waals surface area contributed by atoms with Gasteiger partial charge in [0, 0.05) is 19.1 Å². The smallest absolute Gasteiger partial charge is 0.183 e. The normalized spacial score (nSPS) is 17.7. The first-order chi connectivity index (χ1) is 8.52. The van der Waals surface area contributed by atoms with Crippen molar-refractivity contribution in [3.8, 4) is 0 Å². The van der Waals surface area contributed by atoms with Crippen LogP contribution in [0.4, 0.5) is 0 Å². The Morgan fingerprint density at radius 2 is 2.11 bits per heavy atom. The largest absolute Gasteiger partial charge is 0.451 e. The summed E-state index contributed by atoms with van der Waals surface area (Å²) < 4.78 is 7.44. The lowest BCUT2D eigenvalue weighted by Crippen LogP contribution is -2.39. The molecule has 0 saturated heterocycles. The third-order valence-corrected chi connectivity index (χ3v) is 5.16. The van der Waals surface area contributed by atoms with Crippen molar-refractivity contribution in [2.24, 2.45) is 11.7 Å². The lowest BCUT2D eigenvalue weighted by molar-refractivity contribution is 0.132. The summed E-state index contributed by atoms with van der Waals surface area (Å²) in [6.45, 7) is 6.14. The number of hydrogen-bond acceptors (Lipinski definition) is 3. The van der Waals surface area contributed by atoms with Crippen LogP contribution in [0.1, 0.15) is 38.5 Å². The molecule has 0 amide bonds. The lowest BCUT2D eigenvalue weighted by atomic mass is 10.1. The zero-order valence-electron chi connectivity index (χ0n) is 10.8. The molecule has 3 nitrogen and oxygen atoms in total. The molecule has 5 heteroatoms. The number of nitrogens with zero attached hydrogens (tertiary/aromatic N) is 1. The highest BCUT2D eigenvalue weighted by atomic mass is 79.9. The zero-order valence-corrected chi connectivity index (χ0v) is 14.0. The lowest BCUT2D eigenvalue weighted by Gasteiger charge is -2.33. The molecule has 1 unspecified atom stereocenters. The van der Waals surface area contributed by atoms with Crippen LogP contribution >= 0.6 is 31.9 Å². The van der Waals surface area contributed by atoms with Gasteiger partial charge in [0.1, 0.15) is 5.76 Å². The third-order valence-electron chi connectivity index (χ3n) is 3.45. The maximum atomic E-state index is 5.97. The van der Waals surface area contributed by atoms with Crippen LogP contribution in [0.5, 0.6) is 0 Å². The van der Waals surface area contributed by atoms with Crippen LogP contribution in [0, 0.1) is 5.92 Å². The van der Waals surface area contributed by atoms with Crippen LogP contribution in [0.25, 0.3) is 0 Å². The predicted octanol–water partition coefficient (Wildman–Crippen LogP) is 3.92. The van der Waals surface area contributed by atoms with E-state index < -0.39 is 0 Å². The topological polar surface area (TPSA) is 42.4 Å². The first-order valence-corrected chi connectivity index (χ1v) is 8.02. The van der Waals surface area contributed by atoms with Crippen molar-refractivity contribution < 1.29 is 4.42 Å². The maximum Gasteiger partial charge on any atom is 0.183 e. The van der Waals surface area contributed by atoms with Crippen LogP contribution in [0.2, 0.25) is 0 Å². The minimum absolute atomic E-state index is 0.160. The highest BCUT2D eigenvalue weighted by molar-refractivity contribution is 9.13. The van der Waals surface area contributed by atoms with Crippen LogP contribution in [-0.4, -0.2) is 24.0 Å². The second-order valence-corrected chi connectivity index (χ2v) is 6.83. The van der Waals surface area contributed by atoms with Gasteiger partial charge in [0.2, 0.25) is 0 Å². The van der Waals surface area contributed by atoms with Crippen LogP contribution in [0.15, 0.2) is 19.6 Å². The van der Waals surface area contributed by atoms with Crippen molar-refractivity contribution in [3.05, 3.63) is 21.0 Å². The molecule has 1 aliphatic rings. The molecule has 0 bridgehead atoms. The highest BCUT2D eigenvalue weighted by Crippen LogP contribution is 2.36. The van der Waals surface area contributed by atoms with Gasteiger partial charge in [0.25, 0.3) is 0 Å². The summed E-state index contributed by atoms with van der Waals surface area (Å²) in [5.74, 6) is 1.79. The molecule has 1 atom stereocenters. The first-order valence-electron chi connectivity index (χ1n) is 6.43. The van der Waals surface area contributed by atoms with Gasteiger partial charge in [0.15, 0.2) is 4.67 Å². The van der Waals surface area contributed by atoms with Crippen molar-refractivity contribution in [2.45, 2.75) is 38.8 Å². The molecule has 0 aliphatic heterocycles. The van der Waals surface area contributed by atoms with E-state index in [4.69, 9.17) is 10.2 Å². The average Bonchev–Trinajstić information content (AvgIpc) is 3.06. The van der Waals surface area contributed by atoms with E-state index in [1.807, 2.05) is 6.07 Å². The molecule has 1 saturated carbocycles. The quantitative estimate of drug-likeness (QED) is 0.814. The van der Waals surface area contributed by atoms with Crippen LogP contribution < -0.4 is 5.73 Å². The summed E-state index contributed by atoms with van der Waals surface area (Å²) in [4.78, 5) is 2.45. The predicted molar refractivity (Wildman–Crippen MR) is 80.5 cm³/mol. The van der Waals surface area contributed by atoms with Crippen molar-refractivity contribution in [1.82, 2.24) is 4.90 Å². The maximum absolute atomic E-state index is 5.97. The van der Waals surface area contributed by atoms with E-state index in [0.29, 0.717) is 12.6 Å². The summed E-state index contributed by atoms with van der Waals surface area (Å²) >= 11 is 6.85. The number of halogens is 2. The Morgan fingerprint density at radius 3 is 2.50 bits per heavy atom. The Kier molecular flexibility index (Phi) is 4.92. The molecule has 1 aliphatic carbocycles. The van der Waals surface area contributed by atoms with E-state index in [-0.39, 0.29) is 6.04 Å². The molecule has 1 heterocycles. The highest BCUT2D eigenvalue weighted by Gasteiger charge is 2.31. The van der Waals surface area contributed by atoms with Crippen LogP contribution in [-0.2, 0) is 0 Å². The monoisotopic (exact) mass is 378 g/mol. The molecule has 0 spiro atoms. The van der Waals surface area contributed by atoms with E-state index in [0.717, 1.165) is 27.4 Å². The second kappa shape index (κ2) is 6.07. The first kappa shape index (κ1) is 14.6. The minimum atomic E-state index is 0.160. The van der Waals surface area contributed by atoms with Gasteiger partial charge in [-0.15, -0.1) is 0 Å². The summed E-state index contributed by atoms with van der Waals surface area (Å²) in [5.41, 5.74) is 5.97. The SMILES string of the molecule is CC(C)N(CC1CC1)C(CN)c1cc(Br)c(Br)o1. The molecule has 1 aromatic heterocycles. The van der Waals surface area contributed by atoms with Gasteiger partial charge < -0.3 is 10.2 Å². The Hall–Kier alpha value is 0.160. The van der Waals surface area contributed by atoms with Crippen molar-refractivity contribution in [3.63, 3.8) is 0 Å².